The lowest BCUT2D eigenvalue weighted by molar-refractivity contribution is 0.112. The SMILES string of the molecule is O=S(=O)(Cc1ccccc1)Nc1nc2c(s1)COCC2. The van der Waals surface area contributed by atoms with Crippen LogP contribution in [0.2, 0.25) is 0 Å². The third-order valence-corrected chi connectivity index (χ3v) is 5.27. The van der Waals surface area contributed by atoms with Crippen LogP contribution in [0.4, 0.5) is 5.13 Å². The van der Waals surface area contributed by atoms with Gasteiger partial charge in [-0.05, 0) is 5.56 Å². The number of hydrogen-bond acceptors (Lipinski definition) is 5. The first kappa shape index (κ1) is 13.5. The van der Waals surface area contributed by atoms with Crippen molar-refractivity contribution in [2.45, 2.75) is 18.8 Å². The zero-order valence-electron chi connectivity index (χ0n) is 10.7. The highest BCUT2D eigenvalue weighted by atomic mass is 32.2. The molecular formula is C13H14N2O3S2. The predicted octanol–water partition coefficient (Wildman–Crippen LogP) is 2.16. The van der Waals surface area contributed by atoms with Crippen LogP contribution >= 0.6 is 11.3 Å². The number of sulfonamides is 1. The first-order valence-electron chi connectivity index (χ1n) is 6.23. The summed E-state index contributed by atoms with van der Waals surface area (Å²) in [6, 6.07) is 9.09. The van der Waals surface area contributed by atoms with Crippen LogP contribution in [0.5, 0.6) is 0 Å². The summed E-state index contributed by atoms with van der Waals surface area (Å²) in [5.41, 5.74) is 1.70. The molecule has 1 aromatic carbocycles. The van der Waals surface area contributed by atoms with Gasteiger partial charge in [0, 0.05) is 6.42 Å². The summed E-state index contributed by atoms with van der Waals surface area (Å²) >= 11 is 1.35. The molecule has 2 aromatic rings. The fourth-order valence-electron chi connectivity index (χ4n) is 2.03. The highest BCUT2D eigenvalue weighted by Crippen LogP contribution is 2.28. The van der Waals surface area contributed by atoms with Gasteiger partial charge in [0.1, 0.15) is 0 Å². The number of aromatic nitrogens is 1. The second kappa shape index (κ2) is 5.51. The van der Waals surface area contributed by atoms with Crippen LogP contribution in [0.1, 0.15) is 16.1 Å². The van der Waals surface area contributed by atoms with E-state index in [9.17, 15) is 8.42 Å². The minimum absolute atomic E-state index is 0.0470. The van der Waals surface area contributed by atoms with Gasteiger partial charge in [0.25, 0.3) is 0 Å². The van der Waals surface area contributed by atoms with Crippen molar-refractivity contribution in [1.29, 1.82) is 0 Å². The second-order valence-corrected chi connectivity index (χ2v) is 7.34. The second-order valence-electron chi connectivity index (χ2n) is 4.54. The number of thiazole rings is 1. The molecule has 0 spiro atoms. The normalized spacial score (nSPS) is 14.8. The van der Waals surface area contributed by atoms with E-state index in [0.29, 0.717) is 18.3 Å². The quantitative estimate of drug-likeness (QED) is 0.939. The molecule has 7 heteroatoms. The minimum Gasteiger partial charge on any atom is -0.375 e. The summed E-state index contributed by atoms with van der Waals surface area (Å²) in [6.07, 6.45) is 0.742. The average Bonchev–Trinajstić information content (AvgIpc) is 2.80. The van der Waals surface area contributed by atoms with Gasteiger partial charge in [-0.3, -0.25) is 4.72 Å². The molecule has 2 heterocycles. The Hall–Kier alpha value is -1.44. The predicted molar refractivity (Wildman–Crippen MR) is 78.2 cm³/mol. The third kappa shape index (κ3) is 3.17. The number of nitrogens with one attached hydrogen (secondary N) is 1. The summed E-state index contributed by atoms with van der Waals surface area (Å²) in [5, 5.41) is 0.427. The molecule has 0 bridgehead atoms. The topological polar surface area (TPSA) is 68.3 Å². The molecular weight excluding hydrogens is 296 g/mol. The molecule has 0 unspecified atom stereocenters. The molecule has 1 N–H and O–H groups in total. The first-order valence-corrected chi connectivity index (χ1v) is 8.70. The largest absolute Gasteiger partial charge is 0.375 e. The van der Waals surface area contributed by atoms with Crippen LogP contribution in [0, 0.1) is 0 Å². The van der Waals surface area contributed by atoms with Gasteiger partial charge in [0.05, 0.1) is 29.5 Å². The van der Waals surface area contributed by atoms with E-state index in [1.807, 2.05) is 18.2 Å². The summed E-state index contributed by atoms with van der Waals surface area (Å²) < 4.78 is 32.1. The van der Waals surface area contributed by atoms with E-state index in [0.717, 1.165) is 22.6 Å². The Morgan fingerprint density at radius 3 is 2.85 bits per heavy atom. The Labute approximate surface area is 121 Å². The number of fused-ring (bicyclic) bond motifs is 1. The van der Waals surface area contributed by atoms with Crippen molar-refractivity contribution in [1.82, 2.24) is 4.98 Å². The highest BCUT2D eigenvalue weighted by Gasteiger charge is 2.19. The van der Waals surface area contributed by atoms with Gasteiger partial charge in [-0.2, -0.15) is 0 Å². The van der Waals surface area contributed by atoms with E-state index >= 15 is 0 Å². The Balaban J connectivity index is 1.74. The molecule has 3 rings (SSSR count). The molecule has 1 aliphatic heterocycles. The van der Waals surface area contributed by atoms with Crippen molar-refractivity contribution in [3.05, 3.63) is 46.5 Å². The number of benzene rings is 1. The Bertz CT molecular complexity index is 672. The van der Waals surface area contributed by atoms with Crippen LogP contribution in [-0.4, -0.2) is 20.0 Å². The van der Waals surface area contributed by atoms with Crippen molar-refractivity contribution >= 4 is 26.5 Å². The third-order valence-electron chi connectivity index (χ3n) is 2.94. The molecule has 0 saturated carbocycles. The molecule has 106 valence electrons. The summed E-state index contributed by atoms with van der Waals surface area (Å²) in [7, 11) is -3.43. The maximum atomic E-state index is 12.1. The van der Waals surface area contributed by atoms with Crippen molar-refractivity contribution in [2.24, 2.45) is 0 Å². The van der Waals surface area contributed by atoms with Gasteiger partial charge in [-0.1, -0.05) is 41.7 Å². The summed E-state index contributed by atoms with van der Waals surface area (Å²) in [4.78, 5) is 5.33. The molecule has 0 amide bonds. The van der Waals surface area contributed by atoms with E-state index in [1.54, 1.807) is 12.1 Å². The van der Waals surface area contributed by atoms with Crippen molar-refractivity contribution in [3.63, 3.8) is 0 Å². The molecule has 0 saturated heterocycles. The van der Waals surface area contributed by atoms with E-state index < -0.39 is 10.0 Å². The number of ether oxygens (including phenoxy) is 1. The lowest BCUT2D eigenvalue weighted by atomic mass is 10.2. The molecule has 5 nitrogen and oxygen atoms in total. The monoisotopic (exact) mass is 310 g/mol. The van der Waals surface area contributed by atoms with Crippen LogP contribution in [0.15, 0.2) is 30.3 Å². The van der Waals surface area contributed by atoms with Gasteiger partial charge in [0.15, 0.2) is 5.13 Å². The standard InChI is InChI=1S/C13H14N2O3S2/c16-20(17,9-10-4-2-1-3-5-10)15-13-14-11-6-7-18-8-12(11)19-13/h1-5H,6-9H2,(H,14,15). The molecule has 0 aliphatic carbocycles. The van der Waals surface area contributed by atoms with Crippen molar-refractivity contribution in [2.75, 3.05) is 11.3 Å². The fourth-order valence-corrected chi connectivity index (χ4v) is 4.39. The number of hydrogen-bond donors (Lipinski definition) is 1. The number of rotatable bonds is 4. The average molecular weight is 310 g/mol. The number of nitrogens with zero attached hydrogens (tertiary/aromatic N) is 1. The van der Waals surface area contributed by atoms with E-state index in [4.69, 9.17) is 4.74 Å². The van der Waals surface area contributed by atoms with Crippen LogP contribution in [0.3, 0.4) is 0 Å². The minimum atomic E-state index is -3.43. The van der Waals surface area contributed by atoms with E-state index in [1.165, 1.54) is 11.3 Å². The zero-order valence-corrected chi connectivity index (χ0v) is 12.3. The summed E-state index contributed by atoms with van der Waals surface area (Å²) in [6.45, 7) is 1.17. The van der Waals surface area contributed by atoms with Gasteiger partial charge in [-0.25, -0.2) is 13.4 Å². The van der Waals surface area contributed by atoms with Crippen LogP contribution in [-0.2, 0) is 33.5 Å². The lowest BCUT2D eigenvalue weighted by Gasteiger charge is -2.08. The molecule has 0 radical (unpaired) electrons. The van der Waals surface area contributed by atoms with E-state index in [2.05, 4.69) is 9.71 Å². The van der Waals surface area contributed by atoms with Crippen molar-refractivity contribution in [3.8, 4) is 0 Å². The zero-order chi connectivity index (χ0) is 14.0. The fraction of sp³-hybridized carbons (Fsp3) is 0.308. The summed E-state index contributed by atoms with van der Waals surface area (Å²) in [5.74, 6) is -0.0470. The Morgan fingerprint density at radius 1 is 1.30 bits per heavy atom. The number of anilines is 1. The Kier molecular flexibility index (Phi) is 3.73. The smallest absolute Gasteiger partial charge is 0.238 e. The van der Waals surface area contributed by atoms with Crippen molar-refractivity contribution < 1.29 is 13.2 Å². The molecule has 0 atom stereocenters. The maximum absolute atomic E-state index is 12.1. The lowest BCUT2D eigenvalue weighted by Crippen LogP contribution is -2.15. The van der Waals surface area contributed by atoms with Gasteiger partial charge in [-0.15, -0.1) is 0 Å². The van der Waals surface area contributed by atoms with Gasteiger partial charge < -0.3 is 4.74 Å². The van der Waals surface area contributed by atoms with E-state index in [-0.39, 0.29) is 5.75 Å². The van der Waals surface area contributed by atoms with Gasteiger partial charge >= 0.3 is 0 Å². The molecule has 1 aliphatic rings. The first-order chi connectivity index (χ1) is 9.62. The molecule has 0 fully saturated rings. The van der Waals surface area contributed by atoms with Gasteiger partial charge in [0.2, 0.25) is 10.0 Å². The highest BCUT2D eigenvalue weighted by molar-refractivity contribution is 7.92. The molecule has 20 heavy (non-hydrogen) atoms. The molecule has 1 aromatic heterocycles. The Morgan fingerprint density at radius 2 is 2.10 bits per heavy atom. The van der Waals surface area contributed by atoms with Crippen LogP contribution in [0.25, 0.3) is 0 Å². The maximum Gasteiger partial charge on any atom is 0.238 e. The van der Waals surface area contributed by atoms with Crippen LogP contribution < -0.4 is 4.72 Å².